The van der Waals surface area contributed by atoms with Crippen LogP contribution in [0.25, 0.3) is 0 Å². The summed E-state index contributed by atoms with van der Waals surface area (Å²) in [6.07, 6.45) is -3.72. The fraction of sp³-hybridized carbons (Fsp3) is 1.00. The Kier molecular flexibility index (Phi) is 7.70. The van der Waals surface area contributed by atoms with E-state index >= 15 is 0 Å². The molecule has 6 nitrogen and oxygen atoms in total. The number of thioether (sulfide) groups is 1. The number of aliphatic hydroxyl groups is 5. The van der Waals surface area contributed by atoms with E-state index in [0.717, 1.165) is 11.8 Å². The molecule has 0 bridgehead atoms. The Morgan fingerprint density at radius 3 is 2.39 bits per heavy atom. The second-order valence-electron chi connectivity index (χ2n) is 4.16. The van der Waals surface area contributed by atoms with Crippen molar-refractivity contribution in [3.63, 3.8) is 0 Å². The minimum Gasteiger partial charge on any atom is -0.395 e. The van der Waals surface area contributed by atoms with Crippen molar-refractivity contribution >= 4 is 34.4 Å². The maximum Gasteiger partial charge on any atom is 0.132 e. The molecule has 18 heavy (non-hydrogen) atoms. The molecule has 1 rings (SSSR count). The molecular formula is C10H19IO6S. The predicted molar refractivity (Wildman–Crippen MR) is 75.7 cm³/mol. The number of halogens is 1. The molecule has 108 valence electrons. The van der Waals surface area contributed by atoms with Crippen LogP contribution < -0.4 is 0 Å². The zero-order valence-electron chi connectivity index (χ0n) is 9.72. The van der Waals surface area contributed by atoms with E-state index in [1.54, 1.807) is 0 Å². The fourth-order valence-corrected chi connectivity index (χ4v) is 3.29. The second kappa shape index (κ2) is 8.20. The summed E-state index contributed by atoms with van der Waals surface area (Å²) in [5.74, 6) is 0. The van der Waals surface area contributed by atoms with Crippen LogP contribution in [0.1, 0.15) is 6.42 Å². The summed E-state index contributed by atoms with van der Waals surface area (Å²) in [6.45, 7) is -0.0499. The van der Waals surface area contributed by atoms with Crippen LogP contribution in [0.5, 0.6) is 0 Å². The summed E-state index contributed by atoms with van der Waals surface area (Å²) in [7, 11) is 0. The Bertz CT molecular complexity index is 244. The smallest absolute Gasteiger partial charge is 0.132 e. The molecule has 1 fully saturated rings. The van der Waals surface area contributed by atoms with Gasteiger partial charge in [0.15, 0.2) is 0 Å². The van der Waals surface area contributed by atoms with E-state index < -0.39 is 35.1 Å². The Labute approximate surface area is 123 Å². The van der Waals surface area contributed by atoms with E-state index in [-0.39, 0.29) is 13.2 Å². The standard InChI is InChI=1S/C10H19IO6S/c11-3-5(13)1-2-17-10-9(16)8(15)7(14)6(4-12)18-10/h5-10,12-16H,1-4H2/t5-,6?,7-,8?,9?,10-/m0/s1. The highest BCUT2D eigenvalue weighted by Gasteiger charge is 2.43. The molecule has 1 heterocycles. The molecule has 0 aliphatic carbocycles. The van der Waals surface area contributed by atoms with Gasteiger partial charge in [-0.05, 0) is 6.42 Å². The summed E-state index contributed by atoms with van der Waals surface area (Å²) in [6, 6.07) is 0. The lowest BCUT2D eigenvalue weighted by atomic mass is 10.0. The van der Waals surface area contributed by atoms with Crippen LogP contribution in [0.15, 0.2) is 0 Å². The monoisotopic (exact) mass is 394 g/mol. The first-order valence-corrected chi connectivity index (χ1v) is 8.14. The van der Waals surface area contributed by atoms with Gasteiger partial charge >= 0.3 is 0 Å². The van der Waals surface area contributed by atoms with Gasteiger partial charge in [-0.2, -0.15) is 0 Å². The van der Waals surface area contributed by atoms with Crippen LogP contribution >= 0.6 is 34.4 Å². The highest BCUT2D eigenvalue weighted by Crippen LogP contribution is 2.33. The average Bonchev–Trinajstić information content (AvgIpc) is 2.38. The minimum absolute atomic E-state index is 0.250. The van der Waals surface area contributed by atoms with Gasteiger partial charge in [-0.15, -0.1) is 11.8 Å². The second-order valence-corrected chi connectivity index (χ2v) is 6.39. The quantitative estimate of drug-likeness (QED) is 0.282. The average molecular weight is 394 g/mol. The Hall–Kier alpha value is 0.840. The van der Waals surface area contributed by atoms with E-state index in [9.17, 15) is 20.4 Å². The first-order valence-electron chi connectivity index (χ1n) is 5.67. The third-order valence-corrected chi connectivity index (χ3v) is 5.24. The van der Waals surface area contributed by atoms with Crippen molar-refractivity contribution in [1.29, 1.82) is 0 Å². The van der Waals surface area contributed by atoms with E-state index in [4.69, 9.17) is 9.84 Å². The van der Waals surface area contributed by atoms with Crippen LogP contribution in [-0.4, -0.2) is 78.3 Å². The molecular weight excluding hydrogens is 375 g/mol. The number of rotatable bonds is 6. The highest BCUT2D eigenvalue weighted by atomic mass is 127. The van der Waals surface area contributed by atoms with E-state index in [2.05, 4.69) is 22.6 Å². The van der Waals surface area contributed by atoms with Gasteiger partial charge in [0.25, 0.3) is 0 Å². The molecule has 0 spiro atoms. The number of aliphatic hydroxyl groups excluding tert-OH is 5. The molecule has 3 unspecified atom stereocenters. The first kappa shape index (κ1) is 16.9. The van der Waals surface area contributed by atoms with Gasteiger partial charge in [-0.1, -0.05) is 22.6 Å². The third-order valence-electron chi connectivity index (χ3n) is 2.76. The van der Waals surface area contributed by atoms with Crippen molar-refractivity contribution < 1.29 is 30.3 Å². The van der Waals surface area contributed by atoms with Gasteiger partial charge in [0.1, 0.15) is 17.6 Å². The van der Waals surface area contributed by atoms with Gasteiger partial charge < -0.3 is 30.3 Å². The number of alkyl halides is 1. The molecule has 0 radical (unpaired) electrons. The van der Waals surface area contributed by atoms with Crippen molar-refractivity contribution in [2.24, 2.45) is 0 Å². The lowest BCUT2D eigenvalue weighted by molar-refractivity contribution is -0.110. The molecule has 6 atom stereocenters. The van der Waals surface area contributed by atoms with Crippen LogP contribution in [0, 0.1) is 0 Å². The third kappa shape index (κ3) is 4.44. The minimum atomic E-state index is -1.33. The normalized spacial score (nSPS) is 38.7. The zero-order chi connectivity index (χ0) is 13.7. The lowest BCUT2D eigenvalue weighted by Gasteiger charge is -2.39. The summed E-state index contributed by atoms with van der Waals surface area (Å²) >= 11 is 3.16. The molecule has 0 aromatic heterocycles. The Balaban J connectivity index is 2.44. The molecule has 0 aromatic carbocycles. The summed E-state index contributed by atoms with van der Waals surface area (Å²) in [5.41, 5.74) is -0.707. The van der Waals surface area contributed by atoms with Gasteiger partial charge in [-0.3, -0.25) is 0 Å². The molecule has 0 aromatic rings. The van der Waals surface area contributed by atoms with Crippen molar-refractivity contribution in [2.75, 3.05) is 17.6 Å². The maximum absolute atomic E-state index is 9.74. The SMILES string of the molecule is OCC1S[C@H](OCC[C@H](O)CI)C(O)C(O)[C@H]1O. The van der Waals surface area contributed by atoms with E-state index in [1.807, 2.05) is 0 Å². The topological polar surface area (TPSA) is 110 Å². The summed E-state index contributed by atoms with van der Waals surface area (Å²) in [5, 5.41) is 46.8. The van der Waals surface area contributed by atoms with Crippen LogP contribution in [0.2, 0.25) is 0 Å². The van der Waals surface area contributed by atoms with Gasteiger partial charge in [0, 0.05) is 4.43 Å². The van der Waals surface area contributed by atoms with Crippen LogP contribution in [-0.2, 0) is 4.74 Å². The predicted octanol–water partition coefficient (Wildman–Crippen LogP) is -1.29. The number of ether oxygens (including phenoxy) is 1. The zero-order valence-corrected chi connectivity index (χ0v) is 12.7. The lowest BCUT2D eigenvalue weighted by Crippen LogP contribution is -2.54. The molecule has 1 aliphatic heterocycles. The molecule has 1 aliphatic rings. The summed E-state index contributed by atoms with van der Waals surface area (Å²) < 4.78 is 5.99. The molecule has 0 saturated carbocycles. The van der Waals surface area contributed by atoms with Crippen LogP contribution in [0.4, 0.5) is 0 Å². The Morgan fingerprint density at radius 2 is 1.83 bits per heavy atom. The largest absolute Gasteiger partial charge is 0.395 e. The fourth-order valence-electron chi connectivity index (χ4n) is 1.60. The van der Waals surface area contributed by atoms with Crippen molar-refractivity contribution in [2.45, 2.75) is 41.5 Å². The van der Waals surface area contributed by atoms with Gasteiger partial charge in [0.05, 0.1) is 30.7 Å². The molecule has 1 saturated heterocycles. The summed E-state index contributed by atoms with van der Waals surface area (Å²) in [4.78, 5) is 0. The molecule has 0 amide bonds. The molecule has 5 N–H and O–H groups in total. The molecule has 8 heteroatoms. The Morgan fingerprint density at radius 1 is 1.17 bits per heavy atom. The van der Waals surface area contributed by atoms with Crippen molar-refractivity contribution in [3.8, 4) is 0 Å². The maximum atomic E-state index is 9.74. The number of hydrogen-bond acceptors (Lipinski definition) is 7. The van der Waals surface area contributed by atoms with E-state index in [1.165, 1.54) is 0 Å². The van der Waals surface area contributed by atoms with Crippen LogP contribution in [0.3, 0.4) is 0 Å². The number of hydrogen-bond donors (Lipinski definition) is 5. The van der Waals surface area contributed by atoms with E-state index in [0.29, 0.717) is 10.8 Å². The van der Waals surface area contributed by atoms with Crippen molar-refractivity contribution in [1.82, 2.24) is 0 Å². The highest BCUT2D eigenvalue weighted by molar-refractivity contribution is 14.1. The van der Waals surface area contributed by atoms with Gasteiger partial charge in [-0.25, -0.2) is 0 Å². The van der Waals surface area contributed by atoms with Crippen molar-refractivity contribution in [3.05, 3.63) is 0 Å². The first-order chi connectivity index (χ1) is 8.51. The van der Waals surface area contributed by atoms with Gasteiger partial charge in [0.2, 0.25) is 0 Å².